The summed E-state index contributed by atoms with van der Waals surface area (Å²) in [5.41, 5.74) is 4.29. The fraction of sp³-hybridized carbons (Fsp3) is 0.429. The van der Waals surface area contributed by atoms with E-state index in [1.165, 1.54) is 5.56 Å². The molecular weight excluding hydrogens is 546 g/mol. The largest absolute Gasteiger partial charge is 0.385 e. The molecule has 2 atom stereocenters. The van der Waals surface area contributed by atoms with Crippen molar-refractivity contribution >= 4 is 23.4 Å². The van der Waals surface area contributed by atoms with Crippen LogP contribution in [0.5, 0.6) is 0 Å². The molecule has 42 heavy (non-hydrogen) atoms. The highest BCUT2D eigenvalue weighted by molar-refractivity contribution is 6.33. The summed E-state index contributed by atoms with van der Waals surface area (Å²) >= 11 is 6.88. The van der Waals surface area contributed by atoms with Gasteiger partial charge in [-0.1, -0.05) is 74.0 Å². The van der Waals surface area contributed by atoms with Crippen LogP contribution in [-0.4, -0.2) is 48.5 Å². The van der Waals surface area contributed by atoms with E-state index < -0.39 is 5.60 Å². The van der Waals surface area contributed by atoms with Gasteiger partial charge in [0.25, 0.3) is 5.91 Å². The number of amides is 2. The number of carbonyl (C=O) groups excluding carboxylic acids is 2. The molecular formula is C35H44ClN3O3. The number of aliphatic hydroxyl groups is 1. The first-order chi connectivity index (χ1) is 20.3. The van der Waals surface area contributed by atoms with Gasteiger partial charge >= 0.3 is 0 Å². The molecule has 224 valence electrons. The molecule has 3 aromatic carbocycles. The molecule has 1 heterocycles. The van der Waals surface area contributed by atoms with E-state index in [0.29, 0.717) is 49.5 Å². The summed E-state index contributed by atoms with van der Waals surface area (Å²) in [4.78, 5) is 27.4. The second-order valence-corrected chi connectivity index (χ2v) is 11.7. The van der Waals surface area contributed by atoms with E-state index in [4.69, 9.17) is 11.6 Å². The highest BCUT2D eigenvalue weighted by Crippen LogP contribution is 2.45. The normalized spacial score (nSPS) is 16.6. The zero-order valence-corrected chi connectivity index (χ0v) is 25.8. The summed E-state index contributed by atoms with van der Waals surface area (Å²) in [5, 5.41) is 19.4. The average Bonchev–Trinajstić information content (AvgIpc) is 3.03. The minimum absolute atomic E-state index is 0.00598. The number of likely N-dealkylation sites (tertiary alicyclic amines) is 1. The Bertz CT molecular complexity index is 1360. The van der Waals surface area contributed by atoms with Gasteiger partial charge in [-0.2, -0.15) is 0 Å². The van der Waals surface area contributed by atoms with Gasteiger partial charge in [-0.3, -0.25) is 9.59 Å². The second-order valence-electron chi connectivity index (χ2n) is 11.3. The van der Waals surface area contributed by atoms with Crippen LogP contribution in [0.1, 0.15) is 73.0 Å². The van der Waals surface area contributed by atoms with Crippen LogP contribution in [0.4, 0.5) is 0 Å². The third kappa shape index (κ3) is 7.41. The number of nitrogens with one attached hydrogen (secondary N) is 2. The lowest BCUT2D eigenvalue weighted by Gasteiger charge is -2.44. The van der Waals surface area contributed by atoms with Crippen molar-refractivity contribution in [1.29, 1.82) is 0 Å². The summed E-state index contributed by atoms with van der Waals surface area (Å²) in [6.45, 7) is 6.26. The number of aryl methyl sites for hydroxylation is 1. The minimum Gasteiger partial charge on any atom is -0.385 e. The van der Waals surface area contributed by atoms with E-state index in [1.54, 1.807) is 0 Å². The van der Waals surface area contributed by atoms with Crippen LogP contribution in [-0.2, 0) is 23.4 Å². The van der Waals surface area contributed by atoms with Gasteiger partial charge in [0.15, 0.2) is 0 Å². The molecule has 1 aliphatic heterocycles. The van der Waals surface area contributed by atoms with Crippen LogP contribution in [0.25, 0.3) is 11.1 Å². The van der Waals surface area contributed by atoms with Crippen LogP contribution in [0, 0.1) is 5.92 Å². The number of halogens is 1. The van der Waals surface area contributed by atoms with Gasteiger partial charge in [0, 0.05) is 54.7 Å². The number of rotatable bonds is 12. The number of benzene rings is 3. The lowest BCUT2D eigenvalue weighted by atomic mass is 9.72. The van der Waals surface area contributed by atoms with E-state index in [1.807, 2.05) is 73.5 Å². The van der Waals surface area contributed by atoms with E-state index in [0.717, 1.165) is 48.1 Å². The van der Waals surface area contributed by atoms with Gasteiger partial charge in [0.05, 0.1) is 5.60 Å². The first-order valence-corrected chi connectivity index (χ1v) is 15.6. The summed E-state index contributed by atoms with van der Waals surface area (Å²) < 4.78 is 0. The summed E-state index contributed by atoms with van der Waals surface area (Å²) in [6.07, 6.45) is 3.93. The lowest BCUT2D eigenvalue weighted by Crippen LogP contribution is -2.48. The Kier molecular flexibility index (Phi) is 11.2. The third-order valence-corrected chi connectivity index (χ3v) is 8.76. The van der Waals surface area contributed by atoms with Crippen molar-refractivity contribution < 1.29 is 14.7 Å². The van der Waals surface area contributed by atoms with Gasteiger partial charge in [-0.15, -0.1) is 0 Å². The molecule has 0 spiro atoms. The smallest absolute Gasteiger partial charge is 0.253 e. The maximum Gasteiger partial charge on any atom is 0.253 e. The zero-order valence-electron chi connectivity index (χ0n) is 25.1. The molecule has 1 aliphatic rings. The number of carbonyl (C=O) groups is 2. The van der Waals surface area contributed by atoms with E-state index in [2.05, 4.69) is 29.7 Å². The summed E-state index contributed by atoms with van der Waals surface area (Å²) in [5.74, 6) is -0.226. The first kappa shape index (κ1) is 31.7. The van der Waals surface area contributed by atoms with Crippen molar-refractivity contribution in [3.8, 4) is 11.1 Å². The molecule has 1 fully saturated rings. The first-order valence-electron chi connectivity index (χ1n) is 15.2. The van der Waals surface area contributed by atoms with Crippen molar-refractivity contribution in [2.24, 2.45) is 5.92 Å². The third-order valence-electron chi connectivity index (χ3n) is 8.45. The predicted molar refractivity (Wildman–Crippen MR) is 171 cm³/mol. The molecule has 0 radical (unpaired) electrons. The Morgan fingerprint density at radius 2 is 1.81 bits per heavy atom. The van der Waals surface area contributed by atoms with Crippen molar-refractivity contribution in [2.75, 3.05) is 26.7 Å². The molecule has 2 amide bonds. The second kappa shape index (κ2) is 14.8. The van der Waals surface area contributed by atoms with Crippen LogP contribution in [0.3, 0.4) is 0 Å². The number of nitrogens with zero attached hydrogens (tertiary/aromatic N) is 1. The van der Waals surface area contributed by atoms with Crippen molar-refractivity contribution in [1.82, 2.24) is 15.5 Å². The fourth-order valence-corrected chi connectivity index (χ4v) is 6.38. The van der Waals surface area contributed by atoms with Crippen LogP contribution in [0.2, 0.25) is 5.02 Å². The molecule has 3 aromatic rings. The molecule has 0 saturated carbocycles. The summed E-state index contributed by atoms with van der Waals surface area (Å²) in [6, 6.07) is 21.8. The molecule has 1 saturated heterocycles. The molecule has 4 rings (SSSR count). The average molecular weight is 590 g/mol. The van der Waals surface area contributed by atoms with Gasteiger partial charge in [-0.25, -0.2) is 0 Å². The molecule has 6 nitrogen and oxygen atoms in total. The minimum atomic E-state index is -1.25. The summed E-state index contributed by atoms with van der Waals surface area (Å²) in [7, 11) is 1.90. The molecule has 2 unspecified atom stereocenters. The number of hydrogen-bond donors (Lipinski definition) is 3. The van der Waals surface area contributed by atoms with Crippen LogP contribution >= 0.6 is 11.6 Å². The Morgan fingerprint density at radius 1 is 1.05 bits per heavy atom. The van der Waals surface area contributed by atoms with E-state index >= 15 is 0 Å². The van der Waals surface area contributed by atoms with Gasteiger partial charge in [0.1, 0.15) is 0 Å². The lowest BCUT2D eigenvalue weighted by molar-refractivity contribution is -0.120. The van der Waals surface area contributed by atoms with Gasteiger partial charge in [-0.05, 0) is 79.6 Å². The molecule has 7 heteroatoms. The zero-order chi connectivity index (χ0) is 30.1. The molecule has 0 aromatic heterocycles. The van der Waals surface area contributed by atoms with Gasteiger partial charge in [0.2, 0.25) is 5.91 Å². The Balaban J connectivity index is 1.69. The van der Waals surface area contributed by atoms with E-state index in [-0.39, 0.29) is 17.7 Å². The maximum absolute atomic E-state index is 13.6. The maximum atomic E-state index is 13.6. The topological polar surface area (TPSA) is 81.7 Å². The Labute approximate surface area is 255 Å². The molecule has 3 N–H and O–H groups in total. The Morgan fingerprint density at radius 3 is 2.52 bits per heavy atom. The monoisotopic (exact) mass is 589 g/mol. The van der Waals surface area contributed by atoms with Crippen molar-refractivity contribution in [2.45, 2.75) is 64.5 Å². The predicted octanol–water partition coefficient (Wildman–Crippen LogP) is 6.34. The van der Waals surface area contributed by atoms with Crippen LogP contribution in [0.15, 0.2) is 66.7 Å². The van der Waals surface area contributed by atoms with Gasteiger partial charge < -0.3 is 20.6 Å². The quantitative estimate of drug-likeness (QED) is 0.215. The highest BCUT2D eigenvalue weighted by Gasteiger charge is 2.43. The fourth-order valence-electron chi connectivity index (χ4n) is 6.10. The highest BCUT2D eigenvalue weighted by atomic mass is 35.5. The molecule has 0 bridgehead atoms. The number of piperidine rings is 1. The Hall–Kier alpha value is -3.19. The van der Waals surface area contributed by atoms with Crippen molar-refractivity contribution in [3.05, 3.63) is 94.0 Å². The van der Waals surface area contributed by atoms with Crippen LogP contribution < -0.4 is 10.6 Å². The number of hydrogen-bond acceptors (Lipinski definition) is 4. The molecule has 0 aliphatic carbocycles. The standard InChI is InChI=1S/C35H44ClN3O3/c1-4-25-10-6-11-28(22-25)33-30(13-7-14-31(33)36)35(42,19-9-20-38-32(40)5-2)29-12-8-21-39(24-29)34(41)27-17-15-26(16-18-27)23-37-3/h6-7,10-11,13-18,22,29,37,42H,4-5,8-9,12,19-21,23-24H2,1-3H3,(H,38,40). The van der Waals surface area contributed by atoms with Crippen molar-refractivity contribution in [3.63, 3.8) is 0 Å². The van der Waals surface area contributed by atoms with E-state index in [9.17, 15) is 14.7 Å². The SMILES string of the molecule is CCC(=O)NCCCC(O)(c1cccc(Cl)c1-c1cccc(CC)c1)C1CCCN(C(=O)c2ccc(CNC)cc2)C1.